The predicted molar refractivity (Wildman–Crippen MR) is 186 cm³/mol. The van der Waals surface area contributed by atoms with Crippen molar-refractivity contribution in [2.45, 2.75) is 44.2 Å². The maximum atomic E-state index is 14.6. The first-order valence-corrected chi connectivity index (χ1v) is 17.5. The quantitative estimate of drug-likeness (QED) is 0.152. The van der Waals surface area contributed by atoms with Crippen molar-refractivity contribution in [3.63, 3.8) is 0 Å². The van der Waals surface area contributed by atoms with Gasteiger partial charge in [0, 0.05) is 35.1 Å². The molecule has 0 heterocycles. The molecule has 0 aliphatic heterocycles. The molecule has 0 spiro atoms. The number of halogens is 4. The van der Waals surface area contributed by atoms with Crippen LogP contribution in [0.3, 0.4) is 0 Å². The van der Waals surface area contributed by atoms with Crippen LogP contribution in [0.1, 0.15) is 30.0 Å². The van der Waals surface area contributed by atoms with Crippen LogP contribution in [0.4, 0.5) is 5.69 Å². The van der Waals surface area contributed by atoms with E-state index < -0.39 is 34.4 Å². The number of nitrogens with zero attached hydrogens (tertiary/aromatic N) is 2. The zero-order valence-electron chi connectivity index (χ0n) is 25.2. The second-order valence-corrected chi connectivity index (χ2v) is 14.1. The number of carbonyl (C=O) groups is 2. The molecule has 4 aromatic rings. The van der Waals surface area contributed by atoms with Gasteiger partial charge in [-0.3, -0.25) is 13.9 Å². The van der Waals surface area contributed by atoms with Gasteiger partial charge in [-0.2, -0.15) is 0 Å². The fourth-order valence-corrected chi connectivity index (χ4v) is 7.20. The highest BCUT2D eigenvalue weighted by molar-refractivity contribution is 7.92. The van der Waals surface area contributed by atoms with E-state index in [1.807, 2.05) is 44.2 Å². The third-order valence-electron chi connectivity index (χ3n) is 7.30. The van der Waals surface area contributed by atoms with Crippen molar-refractivity contribution in [2.24, 2.45) is 0 Å². The van der Waals surface area contributed by atoms with E-state index in [2.05, 4.69) is 5.32 Å². The molecule has 0 bridgehead atoms. The molecule has 0 aromatic heterocycles. The zero-order valence-corrected chi connectivity index (χ0v) is 29.1. The van der Waals surface area contributed by atoms with Gasteiger partial charge in [0.05, 0.1) is 20.6 Å². The molecule has 0 fully saturated rings. The summed E-state index contributed by atoms with van der Waals surface area (Å²) in [4.78, 5) is 29.6. The molecular formula is C34H33Cl4N3O4S. The molecule has 242 valence electrons. The van der Waals surface area contributed by atoms with Crippen LogP contribution in [0.15, 0.2) is 95.9 Å². The van der Waals surface area contributed by atoms with Gasteiger partial charge in [0.15, 0.2) is 0 Å². The van der Waals surface area contributed by atoms with E-state index in [-0.39, 0.29) is 33.6 Å². The average molecular weight is 722 g/mol. The molecule has 0 saturated heterocycles. The maximum absolute atomic E-state index is 14.6. The Morgan fingerprint density at radius 2 is 1.41 bits per heavy atom. The molecule has 0 saturated carbocycles. The van der Waals surface area contributed by atoms with Crippen LogP contribution in [-0.4, -0.2) is 44.3 Å². The number of benzene rings is 4. The van der Waals surface area contributed by atoms with Crippen molar-refractivity contribution in [3.8, 4) is 0 Å². The average Bonchev–Trinajstić information content (AvgIpc) is 3.03. The largest absolute Gasteiger partial charge is 0.354 e. The van der Waals surface area contributed by atoms with Crippen molar-refractivity contribution in [3.05, 3.63) is 128 Å². The summed E-state index contributed by atoms with van der Waals surface area (Å²) < 4.78 is 29.3. The van der Waals surface area contributed by atoms with Crippen molar-refractivity contribution in [1.29, 1.82) is 0 Å². The van der Waals surface area contributed by atoms with E-state index in [1.165, 1.54) is 29.2 Å². The minimum atomic E-state index is -4.36. The lowest BCUT2D eigenvalue weighted by molar-refractivity contribution is -0.140. The van der Waals surface area contributed by atoms with E-state index in [9.17, 15) is 18.0 Å². The summed E-state index contributed by atoms with van der Waals surface area (Å²) in [5.74, 6) is -1.09. The van der Waals surface area contributed by atoms with Gasteiger partial charge in [-0.15, -0.1) is 0 Å². The zero-order chi connectivity index (χ0) is 33.4. The van der Waals surface area contributed by atoms with Crippen LogP contribution in [-0.2, 0) is 32.6 Å². The van der Waals surface area contributed by atoms with E-state index in [0.717, 1.165) is 15.4 Å². The lowest BCUT2D eigenvalue weighted by atomic mass is 10.0. The highest BCUT2D eigenvalue weighted by Crippen LogP contribution is 2.36. The van der Waals surface area contributed by atoms with E-state index in [4.69, 9.17) is 46.4 Å². The van der Waals surface area contributed by atoms with Crippen LogP contribution in [0.25, 0.3) is 0 Å². The SMILES string of the molecule is CCCNC(=O)[C@@H](Cc1ccccc1)N(Cc1c(Cl)cccc1Cl)C(=O)CN(c1cccc(Cl)c1Cl)S(=O)(=O)c1ccc(C)cc1. The Balaban J connectivity index is 1.86. The maximum Gasteiger partial charge on any atom is 0.264 e. The summed E-state index contributed by atoms with van der Waals surface area (Å²) >= 11 is 26.0. The van der Waals surface area contributed by atoms with Crippen molar-refractivity contribution < 1.29 is 18.0 Å². The lowest BCUT2D eigenvalue weighted by Gasteiger charge is -2.34. The Morgan fingerprint density at radius 1 is 0.804 bits per heavy atom. The normalized spacial score (nSPS) is 12.0. The van der Waals surface area contributed by atoms with Crippen molar-refractivity contribution >= 4 is 73.9 Å². The number of anilines is 1. The van der Waals surface area contributed by atoms with Crippen LogP contribution in [0.2, 0.25) is 20.1 Å². The van der Waals surface area contributed by atoms with Gasteiger partial charge in [-0.25, -0.2) is 8.42 Å². The molecule has 1 N–H and O–H groups in total. The summed E-state index contributed by atoms with van der Waals surface area (Å²) in [5, 5.41) is 3.54. The van der Waals surface area contributed by atoms with E-state index in [0.29, 0.717) is 28.6 Å². The van der Waals surface area contributed by atoms with E-state index in [1.54, 1.807) is 36.4 Å². The standard InChI is InChI=1S/C34H33Cl4N3O4S/c1-3-19-39-34(43)31(20-24-9-5-4-6-10-24)40(21-26-27(35)11-7-12-28(26)36)32(42)22-41(30-14-8-13-29(37)33(30)38)46(44,45)25-17-15-23(2)16-18-25/h4-18,31H,3,19-22H2,1-2H3,(H,39,43)/t31-/m1/s1. The second kappa shape index (κ2) is 16.0. The number of aryl methyl sites for hydroxylation is 1. The van der Waals surface area contributed by atoms with Gasteiger partial charge < -0.3 is 10.2 Å². The Morgan fingerprint density at radius 3 is 2.04 bits per heavy atom. The number of carbonyl (C=O) groups excluding carboxylic acids is 2. The van der Waals surface area contributed by atoms with E-state index >= 15 is 0 Å². The molecule has 12 heteroatoms. The molecule has 7 nitrogen and oxygen atoms in total. The molecular weight excluding hydrogens is 688 g/mol. The number of rotatable bonds is 13. The topological polar surface area (TPSA) is 86.8 Å². The fraction of sp³-hybridized carbons (Fsp3) is 0.235. The number of hydrogen-bond acceptors (Lipinski definition) is 4. The molecule has 4 rings (SSSR count). The third-order valence-corrected chi connectivity index (χ3v) is 10.6. The second-order valence-electron chi connectivity index (χ2n) is 10.6. The first-order chi connectivity index (χ1) is 21.9. The van der Waals surface area contributed by atoms with Gasteiger partial charge in [-0.05, 0) is 55.3 Å². The molecule has 0 aliphatic rings. The third kappa shape index (κ3) is 8.55. The summed E-state index contributed by atoms with van der Waals surface area (Å²) in [6, 6.07) is 23.9. The van der Waals surface area contributed by atoms with Gasteiger partial charge >= 0.3 is 0 Å². The number of sulfonamides is 1. The molecule has 0 unspecified atom stereocenters. The van der Waals surface area contributed by atoms with Gasteiger partial charge in [0.2, 0.25) is 11.8 Å². The van der Waals surface area contributed by atoms with Gasteiger partial charge in [-0.1, -0.05) is 113 Å². The minimum Gasteiger partial charge on any atom is -0.354 e. The van der Waals surface area contributed by atoms with Gasteiger partial charge in [0.1, 0.15) is 12.6 Å². The van der Waals surface area contributed by atoms with Crippen molar-refractivity contribution in [2.75, 3.05) is 17.4 Å². The van der Waals surface area contributed by atoms with Gasteiger partial charge in [0.25, 0.3) is 10.0 Å². The van der Waals surface area contributed by atoms with Crippen LogP contribution >= 0.6 is 46.4 Å². The summed E-state index contributed by atoms with van der Waals surface area (Å²) in [7, 11) is -4.36. The predicted octanol–water partition coefficient (Wildman–Crippen LogP) is 7.97. The number of amides is 2. The number of hydrogen-bond donors (Lipinski definition) is 1. The highest BCUT2D eigenvalue weighted by Gasteiger charge is 2.36. The highest BCUT2D eigenvalue weighted by atomic mass is 35.5. The Hall–Kier alpha value is -3.27. The monoisotopic (exact) mass is 719 g/mol. The fourth-order valence-electron chi connectivity index (χ4n) is 4.81. The Bertz CT molecular complexity index is 1770. The number of nitrogens with one attached hydrogen (secondary N) is 1. The molecule has 0 aliphatic carbocycles. The van der Waals surface area contributed by atoms with Crippen LogP contribution in [0.5, 0.6) is 0 Å². The lowest BCUT2D eigenvalue weighted by Crippen LogP contribution is -2.53. The summed E-state index contributed by atoms with van der Waals surface area (Å²) in [6.45, 7) is 3.26. The first kappa shape index (κ1) is 35.6. The summed E-state index contributed by atoms with van der Waals surface area (Å²) in [6.07, 6.45) is 0.816. The minimum absolute atomic E-state index is 0.00821. The molecule has 0 radical (unpaired) electrons. The summed E-state index contributed by atoms with van der Waals surface area (Å²) in [5.41, 5.74) is 2.07. The molecule has 46 heavy (non-hydrogen) atoms. The first-order valence-electron chi connectivity index (χ1n) is 14.5. The molecule has 1 atom stereocenters. The molecule has 2 amide bonds. The van der Waals surface area contributed by atoms with Crippen molar-refractivity contribution in [1.82, 2.24) is 10.2 Å². The smallest absolute Gasteiger partial charge is 0.264 e. The Kier molecular flexibility index (Phi) is 12.4. The van der Waals surface area contributed by atoms with Crippen LogP contribution < -0.4 is 9.62 Å². The molecule has 4 aromatic carbocycles. The Labute approximate surface area is 290 Å². The van der Waals surface area contributed by atoms with Crippen LogP contribution in [0, 0.1) is 6.92 Å².